The zero-order chi connectivity index (χ0) is 15.5. The highest BCUT2D eigenvalue weighted by atomic mass is 32.2. The molecule has 4 nitrogen and oxygen atoms in total. The minimum atomic E-state index is -3.53. The van der Waals surface area contributed by atoms with Crippen LogP contribution in [0.15, 0.2) is 24.3 Å². The zero-order valence-corrected chi connectivity index (χ0v) is 12.8. The Morgan fingerprint density at radius 1 is 1.38 bits per heavy atom. The lowest BCUT2D eigenvalue weighted by Crippen LogP contribution is -2.36. The number of halogens is 1. The first-order valence-corrected chi connectivity index (χ1v) is 8.80. The van der Waals surface area contributed by atoms with E-state index in [2.05, 4.69) is 4.72 Å². The van der Waals surface area contributed by atoms with Crippen molar-refractivity contribution in [1.82, 2.24) is 4.72 Å². The first-order chi connectivity index (χ1) is 9.87. The van der Waals surface area contributed by atoms with Crippen LogP contribution in [-0.2, 0) is 21.2 Å². The maximum Gasteiger partial charge on any atom is 0.236 e. The molecule has 1 fully saturated rings. The van der Waals surface area contributed by atoms with Crippen molar-refractivity contribution >= 4 is 15.9 Å². The number of rotatable bonds is 7. The molecule has 0 radical (unpaired) electrons. The Morgan fingerprint density at radius 3 is 2.67 bits per heavy atom. The van der Waals surface area contributed by atoms with Gasteiger partial charge in [0.05, 0.1) is 5.75 Å². The van der Waals surface area contributed by atoms with E-state index in [0.717, 1.165) is 12.8 Å². The second-order valence-electron chi connectivity index (χ2n) is 5.72. The Kier molecular flexibility index (Phi) is 4.98. The summed E-state index contributed by atoms with van der Waals surface area (Å²) in [6.45, 7) is 1.66. The van der Waals surface area contributed by atoms with Gasteiger partial charge in [-0.15, -0.1) is 0 Å². The molecule has 0 heterocycles. The molecule has 0 spiro atoms. The van der Waals surface area contributed by atoms with Crippen molar-refractivity contribution in [3.05, 3.63) is 35.6 Å². The lowest BCUT2D eigenvalue weighted by atomic mass is 10.0. The fourth-order valence-corrected chi connectivity index (χ4v) is 3.64. The third kappa shape index (κ3) is 5.12. The minimum absolute atomic E-state index is 0.0266. The molecule has 1 aromatic rings. The summed E-state index contributed by atoms with van der Waals surface area (Å²) in [5, 5.41) is 0. The third-order valence-electron chi connectivity index (χ3n) is 3.66. The number of carbonyl (C=O) groups is 1. The molecule has 1 N–H and O–H groups in total. The highest BCUT2D eigenvalue weighted by molar-refractivity contribution is 7.90. The van der Waals surface area contributed by atoms with E-state index in [1.165, 1.54) is 6.07 Å². The summed E-state index contributed by atoms with van der Waals surface area (Å²) in [6, 6.07) is 6.40. The van der Waals surface area contributed by atoms with Crippen molar-refractivity contribution in [3.8, 4) is 0 Å². The smallest absolute Gasteiger partial charge is 0.236 e. The molecule has 1 saturated carbocycles. The Morgan fingerprint density at radius 2 is 2.05 bits per heavy atom. The summed E-state index contributed by atoms with van der Waals surface area (Å²) in [4.78, 5) is 11.9. The largest absolute Gasteiger partial charge is 0.274 e. The van der Waals surface area contributed by atoms with Crippen LogP contribution in [0, 0.1) is 17.7 Å². The van der Waals surface area contributed by atoms with E-state index in [-0.39, 0.29) is 17.5 Å². The minimum Gasteiger partial charge on any atom is -0.274 e. The topological polar surface area (TPSA) is 63.2 Å². The third-order valence-corrected chi connectivity index (χ3v) is 5.08. The van der Waals surface area contributed by atoms with E-state index in [1.54, 1.807) is 25.1 Å². The van der Waals surface area contributed by atoms with Gasteiger partial charge in [-0.1, -0.05) is 25.1 Å². The fraction of sp³-hybridized carbons (Fsp3) is 0.533. The van der Waals surface area contributed by atoms with E-state index < -0.39 is 21.8 Å². The monoisotopic (exact) mass is 313 g/mol. The second kappa shape index (κ2) is 6.56. The maximum atomic E-state index is 13.5. The van der Waals surface area contributed by atoms with Crippen LogP contribution in [0.2, 0.25) is 0 Å². The molecule has 0 unspecified atom stereocenters. The Balaban J connectivity index is 1.83. The van der Waals surface area contributed by atoms with Crippen LogP contribution < -0.4 is 4.72 Å². The van der Waals surface area contributed by atoms with Crippen LogP contribution in [0.3, 0.4) is 0 Å². The molecule has 0 saturated heterocycles. The highest BCUT2D eigenvalue weighted by Gasteiger charge is 2.29. The molecule has 0 aromatic heterocycles. The van der Waals surface area contributed by atoms with Gasteiger partial charge in [0.1, 0.15) is 5.82 Å². The number of aryl methyl sites for hydroxylation is 1. The Labute approximate surface area is 124 Å². The summed E-state index contributed by atoms with van der Waals surface area (Å²) in [7, 11) is -3.53. The number of hydrogen-bond donors (Lipinski definition) is 1. The average Bonchev–Trinajstić information content (AvgIpc) is 3.20. The molecule has 6 heteroatoms. The number of benzene rings is 1. The number of carbonyl (C=O) groups excluding carboxylic acids is 1. The van der Waals surface area contributed by atoms with E-state index in [4.69, 9.17) is 0 Å². The van der Waals surface area contributed by atoms with Crippen molar-refractivity contribution in [2.24, 2.45) is 11.8 Å². The van der Waals surface area contributed by atoms with Crippen molar-refractivity contribution in [1.29, 1.82) is 0 Å². The number of sulfonamides is 1. The lowest BCUT2D eigenvalue weighted by Gasteiger charge is -2.12. The Hall–Kier alpha value is -1.43. The van der Waals surface area contributed by atoms with Gasteiger partial charge in [-0.05, 0) is 43.2 Å². The molecule has 0 aliphatic heterocycles. The standard InChI is InChI=1S/C15H20FNO3S/c1-11(6-9-13-4-2-3-5-14(13)16)15(18)17-21(19,20)10-12-7-8-12/h2-5,11-12H,6-10H2,1H3,(H,17,18)/t11-/m1/s1. The van der Waals surface area contributed by atoms with Crippen molar-refractivity contribution in [3.63, 3.8) is 0 Å². The van der Waals surface area contributed by atoms with Crippen LogP contribution in [-0.4, -0.2) is 20.1 Å². The molecule has 116 valence electrons. The molecule has 1 aliphatic carbocycles. The van der Waals surface area contributed by atoms with E-state index in [9.17, 15) is 17.6 Å². The number of amides is 1. The summed E-state index contributed by atoms with van der Waals surface area (Å²) < 4.78 is 39.0. The van der Waals surface area contributed by atoms with Gasteiger partial charge in [0.15, 0.2) is 0 Å². The van der Waals surface area contributed by atoms with E-state index in [0.29, 0.717) is 18.4 Å². The van der Waals surface area contributed by atoms with Gasteiger partial charge < -0.3 is 0 Å². The molecule has 1 atom stereocenters. The van der Waals surface area contributed by atoms with Gasteiger partial charge in [-0.3, -0.25) is 9.52 Å². The summed E-state index contributed by atoms with van der Waals surface area (Å²) in [6.07, 6.45) is 2.64. The summed E-state index contributed by atoms with van der Waals surface area (Å²) >= 11 is 0. The molecule has 1 amide bonds. The van der Waals surface area contributed by atoms with Gasteiger partial charge >= 0.3 is 0 Å². The van der Waals surface area contributed by atoms with E-state index >= 15 is 0 Å². The van der Waals surface area contributed by atoms with Crippen LogP contribution in [0.25, 0.3) is 0 Å². The number of nitrogens with one attached hydrogen (secondary N) is 1. The zero-order valence-electron chi connectivity index (χ0n) is 12.0. The molecule has 1 aromatic carbocycles. The lowest BCUT2D eigenvalue weighted by molar-refractivity contribution is -0.122. The highest BCUT2D eigenvalue weighted by Crippen LogP contribution is 2.30. The van der Waals surface area contributed by atoms with Crippen molar-refractivity contribution < 1.29 is 17.6 Å². The second-order valence-corrected chi connectivity index (χ2v) is 7.49. The first-order valence-electron chi connectivity index (χ1n) is 7.15. The SMILES string of the molecule is C[C@H](CCc1ccccc1F)C(=O)NS(=O)(=O)CC1CC1. The van der Waals surface area contributed by atoms with E-state index in [1.807, 2.05) is 0 Å². The Bertz CT molecular complexity index is 611. The molecule has 21 heavy (non-hydrogen) atoms. The van der Waals surface area contributed by atoms with Crippen LogP contribution in [0.5, 0.6) is 0 Å². The molecule has 1 aliphatic rings. The van der Waals surface area contributed by atoms with Crippen LogP contribution in [0.1, 0.15) is 31.7 Å². The first kappa shape index (κ1) is 15.9. The fourth-order valence-electron chi connectivity index (χ4n) is 2.09. The van der Waals surface area contributed by atoms with Crippen molar-refractivity contribution in [2.45, 2.75) is 32.6 Å². The van der Waals surface area contributed by atoms with Crippen LogP contribution >= 0.6 is 0 Å². The van der Waals surface area contributed by atoms with Gasteiger partial charge in [-0.2, -0.15) is 0 Å². The summed E-state index contributed by atoms with van der Waals surface area (Å²) in [5.41, 5.74) is 0.540. The maximum absolute atomic E-state index is 13.5. The van der Waals surface area contributed by atoms with Crippen LogP contribution in [0.4, 0.5) is 4.39 Å². The molecular weight excluding hydrogens is 293 g/mol. The predicted octanol–water partition coefficient (Wildman–Crippen LogP) is 2.25. The number of hydrogen-bond acceptors (Lipinski definition) is 3. The summed E-state index contributed by atoms with van der Waals surface area (Å²) in [5.74, 6) is -1.06. The molecular formula is C15H20FNO3S. The van der Waals surface area contributed by atoms with Gasteiger partial charge in [0.2, 0.25) is 15.9 Å². The van der Waals surface area contributed by atoms with Crippen molar-refractivity contribution in [2.75, 3.05) is 5.75 Å². The molecule has 0 bridgehead atoms. The predicted molar refractivity (Wildman–Crippen MR) is 78.5 cm³/mol. The van der Waals surface area contributed by atoms with Gasteiger partial charge in [0.25, 0.3) is 0 Å². The quantitative estimate of drug-likeness (QED) is 0.840. The average molecular weight is 313 g/mol. The van der Waals surface area contributed by atoms with Gasteiger partial charge in [0, 0.05) is 5.92 Å². The normalized spacial score (nSPS) is 16.5. The van der Waals surface area contributed by atoms with Gasteiger partial charge in [-0.25, -0.2) is 12.8 Å². The molecule has 2 rings (SSSR count).